The standard InChI is InChI=1S/C29H44N2O/c1-3-4-5-6-7-8-9-10-11-12-13-14-15-16-17-22-29(32)31(2)24-23-26-25-30-28-21-19-18-20-27(26)28/h7-8,10-11,18-21,25,30H,3-6,9,12-17,22-24H2,1-2H3. The van der Waals surface area contributed by atoms with Gasteiger partial charge in [-0.3, -0.25) is 4.79 Å². The molecule has 3 nitrogen and oxygen atoms in total. The summed E-state index contributed by atoms with van der Waals surface area (Å²) < 4.78 is 0. The fourth-order valence-electron chi connectivity index (χ4n) is 4.03. The highest BCUT2D eigenvalue weighted by atomic mass is 16.2. The first-order valence-electron chi connectivity index (χ1n) is 12.8. The van der Waals surface area contributed by atoms with E-state index >= 15 is 0 Å². The molecule has 0 unspecified atom stereocenters. The molecule has 1 heterocycles. The third-order valence-corrected chi connectivity index (χ3v) is 6.16. The number of unbranched alkanes of at least 4 members (excludes halogenated alkanes) is 8. The molecule has 0 atom stereocenters. The molecule has 1 amide bonds. The summed E-state index contributed by atoms with van der Waals surface area (Å²) in [7, 11) is 1.93. The van der Waals surface area contributed by atoms with Gasteiger partial charge in [0.15, 0.2) is 0 Å². The second kappa shape index (κ2) is 16.4. The van der Waals surface area contributed by atoms with Crippen molar-refractivity contribution in [3.8, 4) is 0 Å². The summed E-state index contributed by atoms with van der Waals surface area (Å²) in [6.45, 7) is 3.03. The van der Waals surface area contributed by atoms with Gasteiger partial charge in [0.2, 0.25) is 5.91 Å². The number of carbonyl (C=O) groups excluding carboxylic acids is 1. The van der Waals surface area contributed by atoms with Gasteiger partial charge >= 0.3 is 0 Å². The maximum absolute atomic E-state index is 12.4. The number of rotatable bonds is 17. The Bertz CT molecular complexity index is 817. The van der Waals surface area contributed by atoms with E-state index in [-0.39, 0.29) is 5.91 Å². The summed E-state index contributed by atoms with van der Waals surface area (Å²) in [5, 5.41) is 1.27. The van der Waals surface area contributed by atoms with E-state index in [0.29, 0.717) is 6.42 Å². The molecule has 0 fully saturated rings. The lowest BCUT2D eigenvalue weighted by atomic mass is 10.1. The number of allylic oxidation sites excluding steroid dienone is 4. The smallest absolute Gasteiger partial charge is 0.222 e. The topological polar surface area (TPSA) is 36.1 Å². The number of fused-ring (bicyclic) bond motifs is 1. The summed E-state index contributed by atoms with van der Waals surface area (Å²) in [5.41, 5.74) is 2.46. The summed E-state index contributed by atoms with van der Waals surface area (Å²) >= 11 is 0. The van der Waals surface area contributed by atoms with Crippen LogP contribution < -0.4 is 0 Å². The quantitative estimate of drug-likeness (QED) is 0.198. The first kappa shape index (κ1) is 26.0. The van der Waals surface area contributed by atoms with Crippen LogP contribution in [0.25, 0.3) is 10.9 Å². The lowest BCUT2D eigenvalue weighted by molar-refractivity contribution is -0.130. The third-order valence-electron chi connectivity index (χ3n) is 6.16. The van der Waals surface area contributed by atoms with E-state index in [1.807, 2.05) is 18.0 Å². The zero-order valence-electron chi connectivity index (χ0n) is 20.5. The van der Waals surface area contributed by atoms with Crippen LogP contribution in [0, 0.1) is 0 Å². The molecule has 2 rings (SSSR count). The molecule has 0 aliphatic heterocycles. The number of hydrogen-bond donors (Lipinski definition) is 1. The molecule has 2 aromatic rings. The molecule has 1 aromatic carbocycles. The van der Waals surface area contributed by atoms with Crippen LogP contribution in [-0.4, -0.2) is 29.4 Å². The number of amides is 1. The maximum atomic E-state index is 12.4. The van der Waals surface area contributed by atoms with Gasteiger partial charge in [-0.05, 0) is 56.6 Å². The molecular formula is C29H44N2O. The van der Waals surface area contributed by atoms with Crippen LogP contribution in [0.15, 0.2) is 54.8 Å². The Hall–Kier alpha value is -2.29. The first-order valence-corrected chi connectivity index (χ1v) is 12.8. The monoisotopic (exact) mass is 436 g/mol. The summed E-state index contributed by atoms with van der Waals surface area (Å²) in [6.07, 6.45) is 26.2. The van der Waals surface area contributed by atoms with Crippen LogP contribution in [0.1, 0.15) is 89.5 Å². The van der Waals surface area contributed by atoms with Crippen molar-refractivity contribution in [2.24, 2.45) is 0 Å². The van der Waals surface area contributed by atoms with Gasteiger partial charge in [0.05, 0.1) is 0 Å². The van der Waals surface area contributed by atoms with Crippen molar-refractivity contribution in [3.63, 3.8) is 0 Å². The van der Waals surface area contributed by atoms with E-state index < -0.39 is 0 Å². The van der Waals surface area contributed by atoms with Crippen molar-refractivity contribution in [1.82, 2.24) is 9.88 Å². The molecule has 1 aromatic heterocycles. The molecular weight excluding hydrogens is 392 g/mol. The van der Waals surface area contributed by atoms with Crippen molar-refractivity contribution in [2.45, 2.75) is 90.4 Å². The van der Waals surface area contributed by atoms with Crippen molar-refractivity contribution < 1.29 is 4.79 Å². The Labute approximate surface area is 196 Å². The number of hydrogen-bond acceptors (Lipinski definition) is 1. The molecule has 3 heteroatoms. The second-order valence-electron chi connectivity index (χ2n) is 8.91. The van der Waals surface area contributed by atoms with Crippen molar-refractivity contribution >= 4 is 16.8 Å². The highest BCUT2D eigenvalue weighted by molar-refractivity contribution is 5.83. The molecule has 0 saturated heterocycles. The minimum Gasteiger partial charge on any atom is -0.361 e. The van der Waals surface area contributed by atoms with Crippen LogP contribution >= 0.6 is 0 Å². The van der Waals surface area contributed by atoms with Gasteiger partial charge in [0, 0.05) is 37.1 Å². The lowest BCUT2D eigenvalue weighted by Gasteiger charge is -2.17. The minimum atomic E-state index is 0.274. The number of H-pyrrole nitrogens is 1. The average Bonchev–Trinajstić information content (AvgIpc) is 3.23. The van der Waals surface area contributed by atoms with E-state index in [9.17, 15) is 4.79 Å². The maximum Gasteiger partial charge on any atom is 0.222 e. The summed E-state index contributed by atoms with van der Waals surface area (Å²) in [4.78, 5) is 17.6. The fraction of sp³-hybridized carbons (Fsp3) is 0.552. The Kier molecular flexibility index (Phi) is 13.3. The van der Waals surface area contributed by atoms with Crippen LogP contribution in [0.5, 0.6) is 0 Å². The Morgan fingerprint density at radius 2 is 1.59 bits per heavy atom. The molecule has 0 aliphatic rings. The van der Waals surface area contributed by atoms with Gasteiger partial charge in [0.1, 0.15) is 0 Å². The number of benzene rings is 1. The van der Waals surface area contributed by atoms with E-state index in [4.69, 9.17) is 0 Å². The lowest BCUT2D eigenvalue weighted by Crippen LogP contribution is -2.28. The zero-order chi connectivity index (χ0) is 22.9. The van der Waals surface area contributed by atoms with Gasteiger partial charge in [-0.15, -0.1) is 0 Å². The van der Waals surface area contributed by atoms with Crippen LogP contribution in [0.3, 0.4) is 0 Å². The molecule has 1 N–H and O–H groups in total. The van der Waals surface area contributed by atoms with Gasteiger partial charge in [-0.2, -0.15) is 0 Å². The molecule has 0 aliphatic carbocycles. The highest BCUT2D eigenvalue weighted by Gasteiger charge is 2.10. The predicted molar refractivity (Wildman–Crippen MR) is 139 cm³/mol. The number of aromatic nitrogens is 1. The zero-order valence-corrected chi connectivity index (χ0v) is 20.5. The Morgan fingerprint density at radius 1 is 0.906 bits per heavy atom. The van der Waals surface area contributed by atoms with Crippen molar-refractivity contribution in [3.05, 3.63) is 60.3 Å². The number of likely N-dealkylation sites (N-methyl/N-ethyl adjacent to an activating group) is 1. The summed E-state index contributed by atoms with van der Waals surface area (Å²) in [5.74, 6) is 0.274. The fourth-order valence-corrected chi connectivity index (χ4v) is 4.03. The number of nitrogens with zero attached hydrogens (tertiary/aromatic N) is 1. The average molecular weight is 437 g/mol. The molecule has 0 saturated carbocycles. The summed E-state index contributed by atoms with van der Waals surface area (Å²) in [6, 6.07) is 8.35. The number of aromatic amines is 1. The highest BCUT2D eigenvalue weighted by Crippen LogP contribution is 2.18. The van der Waals surface area contributed by atoms with Crippen molar-refractivity contribution in [2.75, 3.05) is 13.6 Å². The normalized spacial score (nSPS) is 11.8. The van der Waals surface area contributed by atoms with Crippen molar-refractivity contribution in [1.29, 1.82) is 0 Å². The second-order valence-corrected chi connectivity index (χ2v) is 8.91. The van der Waals surface area contributed by atoms with Crippen LogP contribution in [-0.2, 0) is 11.2 Å². The predicted octanol–water partition coefficient (Wildman–Crippen LogP) is 7.98. The minimum absolute atomic E-state index is 0.274. The van der Waals surface area contributed by atoms with Crippen LogP contribution in [0.4, 0.5) is 0 Å². The molecule has 0 bridgehead atoms. The van der Waals surface area contributed by atoms with Gasteiger partial charge in [-0.25, -0.2) is 0 Å². The third kappa shape index (κ3) is 10.3. The van der Waals surface area contributed by atoms with Gasteiger partial charge in [-0.1, -0.05) is 81.5 Å². The molecule has 176 valence electrons. The Balaban J connectivity index is 1.45. The number of nitrogens with one attached hydrogen (secondary N) is 1. The largest absolute Gasteiger partial charge is 0.361 e. The molecule has 0 radical (unpaired) electrons. The van der Waals surface area contributed by atoms with E-state index in [1.165, 1.54) is 67.8 Å². The first-order chi connectivity index (χ1) is 15.7. The van der Waals surface area contributed by atoms with E-state index in [2.05, 4.69) is 60.6 Å². The number of carbonyl (C=O) groups is 1. The molecule has 0 spiro atoms. The van der Waals surface area contributed by atoms with E-state index in [0.717, 1.165) is 32.2 Å². The Morgan fingerprint density at radius 3 is 2.38 bits per heavy atom. The van der Waals surface area contributed by atoms with Gasteiger partial charge in [0.25, 0.3) is 0 Å². The van der Waals surface area contributed by atoms with Crippen LogP contribution in [0.2, 0.25) is 0 Å². The molecule has 32 heavy (non-hydrogen) atoms. The van der Waals surface area contributed by atoms with E-state index in [1.54, 1.807) is 0 Å². The SMILES string of the molecule is CCCCCC=CCC=CCCCCCCCC(=O)N(C)CCc1c[nH]c2ccccc12. The van der Waals surface area contributed by atoms with Gasteiger partial charge < -0.3 is 9.88 Å². The number of para-hydroxylation sites is 1.